The molecule has 3 aromatic rings. The van der Waals surface area contributed by atoms with Crippen molar-refractivity contribution in [1.82, 2.24) is 4.57 Å². The molecular weight excluding hydrogens is 350 g/mol. The van der Waals surface area contributed by atoms with Gasteiger partial charge in [-0.2, -0.15) is 5.26 Å². The van der Waals surface area contributed by atoms with Gasteiger partial charge in [0.1, 0.15) is 0 Å². The molecule has 0 aliphatic heterocycles. The number of nitro benzene ring substituents is 1. The van der Waals surface area contributed by atoms with Gasteiger partial charge in [-0.15, -0.1) is 0 Å². The minimum absolute atomic E-state index is 0.0282. The predicted molar refractivity (Wildman–Crippen MR) is 111 cm³/mol. The van der Waals surface area contributed by atoms with E-state index >= 15 is 0 Å². The van der Waals surface area contributed by atoms with Crippen molar-refractivity contribution in [3.05, 3.63) is 92.3 Å². The highest BCUT2D eigenvalue weighted by Crippen LogP contribution is 2.28. The Morgan fingerprint density at radius 3 is 2.50 bits per heavy atom. The van der Waals surface area contributed by atoms with Crippen molar-refractivity contribution in [1.29, 1.82) is 5.26 Å². The van der Waals surface area contributed by atoms with E-state index in [9.17, 15) is 15.4 Å². The van der Waals surface area contributed by atoms with Gasteiger partial charge >= 0.3 is 0 Å². The summed E-state index contributed by atoms with van der Waals surface area (Å²) in [4.78, 5) is 10.6. The Morgan fingerprint density at radius 2 is 1.82 bits per heavy atom. The summed E-state index contributed by atoms with van der Waals surface area (Å²) in [6.07, 6.45) is 1.79. The molecular formula is C23H21N3O2. The van der Waals surface area contributed by atoms with E-state index < -0.39 is 4.92 Å². The number of nitriles is 1. The van der Waals surface area contributed by atoms with Crippen molar-refractivity contribution >= 4 is 17.3 Å². The monoisotopic (exact) mass is 371 g/mol. The van der Waals surface area contributed by atoms with Crippen LogP contribution in [0.4, 0.5) is 5.69 Å². The first-order valence-corrected chi connectivity index (χ1v) is 8.95. The number of non-ortho nitro benzene ring substituents is 1. The number of aromatic nitrogens is 1. The second-order valence-electron chi connectivity index (χ2n) is 6.86. The largest absolute Gasteiger partial charge is 0.318 e. The number of nitro groups is 1. The van der Waals surface area contributed by atoms with Gasteiger partial charge in [0, 0.05) is 29.2 Å². The third-order valence-corrected chi connectivity index (χ3v) is 5.08. The number of allylic oxidation sites excluding steroid dienone is 1. The SMILES string of the molecule is Cc1cccc(-n2c(C)cc(C=C(C#N)c3cccc([N+](=O)[O-])c3)c2C)c1C. The molecule has 0 saturated heterocycles. The molecule has 0 bridgehead atoms. The molecule has 0 atom stereocenters. The van der Waals surface area contributed by atoms with Crippen molar-refractivity contribution in [3.63, 3.8) is 0 Å². The van der Waals surface area contributed by atoms with Crippen molar-refractivity contribution in [2.45, 2.75) is 27.7 Å². The molecule has 3 rings (SSSR count). The summed E-state index contributed by atoms with van der Waals surface area (Å²) in [5.74, 6) is 0. The normalized spacial score (nSPS) is 11.3. The molecule has 0 amide bonds. The van der Waals surface area contributed by atoms with Gasteiger partial charge in [-0.1, -0.05) is 24.3 Å². The maximum absolute atomic E-state index is 11.0. The molecule has 0 unspecified atom stereocenters. The molecule has 0 N–H and O–H groups in total. The van der Waals surface area contributed by atoms with Gasteiger partial charge in [-0.3, -0.25) is 10.1 Å². The Labute approximate surface area is 164 Å². The second-order valence-corrected chi connectivity index (χ2v) is 6.86. The van der Waals surface area contributed by atoms with Crippen molar-refractivity contribution < 1.29 is 4.92 Å². The lowest BCUT2D eigenvalue weighted by molar-refractivity contribution is -0.384. The van der Waals surface area contributed by atoms with Gasteiger partial charge in [0.25, 0.3) is 5.69 Å². The van der Waals surface area contributed by atoms with Crippen LogP contribution >= 0.6 is 0 Å². The van der Waals surface area contributed by atoms with E-state index in [0.717, 1.165) is 22.6 Å². The smallest absolute Gasteiger partial charge is 0.270 e. The third kappa shape index (κ3) is 3.45. The van der Waals surface area contributed by atoms with Crippen LogP contribution in [0.25, 0.3) is 17.3 Å². The van der Waals surface area contributed by atoms with E-state index in [2.05, 4.69) is 36.6 Å². The lowest BCUT2D eigenvalue weighted by Gasteiger charge is -2.14. The van der Waals surface area contributed by atoms with E-state index in [1.54, 1.807) is 18.2 Å². The number of rotatable bonds is 4. The fourth-order valence-electron chi connectivity index (χ4n) is 3.40. The molecule has 1 aromatic heterocycles. The quantitative estimate of drug-likeness (QED) is 0.336. The van der Waals surface area contributed by atoms with E-state index in [0.29, 0.717) is 11.1 Å². The van der Waals surface area contributed by atoms with Gasteiger partial charge < -0.3 is 4.57 Å². The predicted octanol–water partition coefficient (Wildman–Crippen LogP) is 5.68. The van der Waals surface area contributed by atoms with Crippen LogP contribution in [-0.2, 0) is 0 Å². The number of hydrogen-bond donors (Lipinski definition) is 0. The highest BCUT2D eigenvalue weighted by Gasteiger charge is 2.14. The Bertz CT molecular complexity index is 1150. The Balaban J connectivity index is 2.12. The Morgan fingerprint density at radius 1 is 1.11 bits per heavy atom. The highest BCUT2D eigenvalue weighted by atomic mass is 16.6. The van der Waals surface area contributed by atoms with Crippen LogP contribution in [0.1, 0.15) is 33.6 Å². The number of benzene rings is 2. The molecule has 0 radical (unpaired) electrons. The Hall–Kier alpha value is -3.65. The average molecular weight is 371 g/mol. The molecule has 0 spiro atoms. The first kappa shape index (κ1) is 19.1. The summed E-state index contributed by atoms with van der Waals surface area (Å²) in [6, 6.07) is 16.6. The van der Waals surface area contributed by atoms with Crippen LogP contribution in [-0.4, -0.2) is 9.49 Å². The molecule has 0 saturated carbocycles. The van der Waals surface area contributed by atoms with Crippen LogP contribution in [0.3, 0.4) is 0 Å². The third-order valence-electron chi connectivity index (χ3n) is 5.08. The topological polar surface area (TPSA) is 71.9 Å². The van der Waals surface area contributed by atoms with Crippen LogP contribution in [0.2, 0.25) is 0 Å². The zero-order valence-electron chi connectivity index (χ0n) is 16.4. The molecule has 5 nitrogen and oxygen atoms in total. The summed E-state index contributed by atoms with van der Waals surface area (Å²) < 4.78 is 2.18. The molecule has 0 aliphatic carbocycles. The van der Waals surface area contributed by atoms with Crippen LogP contribution < -0.4 is 0 Å². The summed E-state index contributed by atoms with van der Waals surface area (Å²) in [7, 11) is 0. The maximum atomic E-state index is 11.0. The lowest BCUT2D eigenvalue weighted by atomic mass is 10.0. The zero-order valence-corrected chi connectivity index (χ0v) is 16.4. The fourth-order valence-corrected chi connectivity index (χ4v) is 3.40. The van der Waals surface area contributed by atoms with Gasteiger partial charge in [0.15, 0.2) is 0 Å². The number of hydrogen-bond acceptors (Lipinski definition) is 3. The van der Waals surface area contributed by atoms with Gasteiger partial charge in [0.05, 0.1) is 16.6 Å². The van der Waals surface area contributed by atoms with E-state index in [1.807, 2.05) is 26.0 Å². The standard InChI is InChI=1S/C23H21N3O2/c1-15-7-5-10-23(17(15)3)25-16(2)11-20(18(25)4)12-21(14-24)19-8-6-9-22(13-19)26(27)28/h5-13H,1-4H3. The van der Waals surface area contributed by atoms with E-state index in [-0.39, 0.29) is 5.69 Å². The van der Waals surface area contributed by atoms with Crippen molar-refractivity contribution in [3.8, 4) is 11.8 Å². The summed E-state index contributed by atoms with van der Waals surface area (Å²) >= 11 is 0. The maximum Gasteiger partial charge on any atom is 0.270 e. The van der Waals surface area contributed by atoms with Gasteiger partial charge in [-0.05, 0) is 68.2 Å². The second kappa shape index (κ2) is 7.53. The number of nitrogens with zero attached hydrogens (tertiary/aromatic N) is 3. The zero-order chi connectivity index (χ0) is 20.4. The van der Waals surface area contributed by atoms with Crippen molar-refractivity contribution in [2.75, 3.05) is 0 Å². The lowest BCUT2D eigenvalue weighted by Crippen LogP contribution is -2.02. The molecule has 0 fully saturated rings. The van der Waals surface area contributed by atoms with Gasteiger partial charge in [0.2, 0.25) is 0 Å². The average Bonchev–Trinajstić information content (AvgIpc) is 2.95. The molecule has 140 valence electrons. The molecule has 1 heterocycles. The van der Waals surface area contributed by atoms with Gasteiger partial charge in [-0.25, -0.2) is 0 Å². The summed E-state index contributed by atoms with van der Waals surface area (Å²) in [5, 5.41) is 20.7. The van der Waals surface area contributed by atoms with Crippen LogP contribution in [0.15, 0.2) is 48.5 Å². The van der Waals surface area contributed by atoms with Crippen molar-refractivity contribution in [2.24, 2.45) is 0 Å². The van der Waals surface area contributed by atoms with E-state index in [4.69, 9.17) is 0 Å². The van der Waals surface area contributed by atoms with Crippen LogP contribution in [0, 0.1) is 49.1 Å². The molecule has 0 aliphatic rings. The minimum Gasteiger partial charge on any atom is -0.318 e. The Kier molecular flexibility index (Phi) is 5.14. The minimum atomic E-state index is -0.453. The highest BCUT2D eigenvalue weighted by molar-refractivity contribution is 5.90. The number of aryl methyl sites for hydroxylation is 2. The first-order valence-electron chi connectivity index (χ1n) is 8.95. The van der Waals surface area contributed by atoms with Crippen LogP contribution in [0.5, 0.6) is 0 Å². The summed E-state index contributed by atoms with van der Waals surface area (Å²) in [6.45, 7) is 8.24. The molecule has 28 heavy (non-hydrogen) atoms. The fraction of sp³-hybridized carbons (Fsp3) is 0.174. The van der Waals surface area contributed by atoms with E-state index in [1.165, 1.54) is 23.3 Å². The first-order chi connectivity index (χ1) is 13.3. The molecule has 2 aromatic carbocycles. The summed E-state index contributed by atoms with van der Waals surface area (Å²) in [5.41, 5.74) is 7.44. The molecule has 5 heteroatoms.